The lowest BCUT2D eigenvalue weighted by atomic mass is 9.98. The number of halogens is 1. The molecular formula is C19H12ClNS. The lowest BCUT2D eigenvalue weighted by molar-refractivity contribution is 1.49. The van der Waals surface area contributed by atoms with E-state index in [0.29, 0.717) is 4.47 Å². The number of fused-ring (bicyclic) bond motifs is 1. The summed E-state index contributed by atoms with van der Waals surface area (Å²) in [6.07, 6.45) is 0. The molecule has 1 nitrogen and oxygen atoms in total. The van der Waals surface area contributed by atoms with E-state index in [1.54, 1.807) is 0 Å². The zero-order valence-corrected chi connectivity index (χ0v) is 13.2. The van der Waals surface area contributed by atoms with Crippen molar-refractivity contribution < 1.29 is 0 Å². The highest BCUT2D eigenvalue weighted by atomic mass is 35.5. The molecule has 1 aromatic heterocycles. The normalized spacial score (nSPS) is 11.0. The molecule has 0 spiro atoms. The summed E-state index contributed by atoms with van der Waals surface area (Å²) in [5, 5.41) is 0. The van der Waals surface area contributed by atoms with E-state index in [9.17, 15) is 0 Å². The molecule has 22 heavy (non-hydrogen) atoms. The van der Waals surface area contributed by atoms with E-state index in [-0.39, 0.29) is 0 Å². The van der Waals surface area contributed by atoms with Crippen LogP contribution in [0.4, 0.5) is 0 Å². The molecule has 0 saturated heterocycles. The van der Waals surface area contributed by atoms with E-state index >= 15 is 0 Å². The highest BCUT2D eigenvalue weighted by Crippen LogP contribution is 2.37. The molecule has 0 aliphatic rings. The van der Waals surface area contributed by atoms with Gasteiger partial charge >= 0.3 is 0 Å². The maximum atomic E-state index is 6.15. The van der Waals surface area contributed by atoms with E-state index in [4.69, 9.17) is 11.6 Å². The van der Waals surface area contributed by atoms with Crippen LogP contribution in [0.1, 0.15) is 0 Å². The Kier molecular flexibility index (Phi) is 3.41. The van der Waals surface area contributed by atoms with Crippen LogP contribution in [0.15, 0.2) is 72.8 Å². The van der Waals surface area contributed by atoms with Crippen LogP contribution in [0.3, 0.4) is 0 Å². The van der Waals surface area contributed by atoms with Crippen LogP contribution in [0, 0.1) is 0 Å². The van der Waals surface area contributed by atoms with E-state index in [1.807, 2.05) is 24.3 Å². The first-order chi connectivity index (χ1) is 10.8. The summed E-state index contributed by atoms with van der Waals surface area (Å²) in [7, 11) is 0. The molecule has 4 rings (SSSR count). The monoisotopic (exact) mass is 321 g/mol. The fraction of sp³-hybridized carbons (Fsp3) is 0. The fourth-order valence-corrected chi connectivity index (χ4v) is 3.73. The second-order valence-electron chi connectivity index (χ2n) is 5.07. The summed E-state index contributed by atoms with van der Waals surface area (Å²) >= 11 is 7.67. The Morgan fingerprint density at radius 1 is 0.727 bits per heavy atom. The zero-order valence-electron chi connectivity index (χ0n) is 11.7. The van der Waals surface area contributed by atoms with Crippen molar-refractivity contribution in [3.05, 3.63) is 77.3 Å². The van der Waals surface area contributed by atoms with Crippen LogP contribution in [0.5, 0.6) is 0 Å². The molecule has 0 aliphatic heterocycles. The molecule has 0 atom stereocenters. The summed E-state index contributed by atoms with van der Waals surface area (Å²) < 4.78 is 1.70. The number of aromatic nitrogens is 1. The van der Waals surface area contributed by atoms with Crippen LogP contribution in [-0.2, 0) is 0 Å². The minimum Gasteiger partial charge on any atom is -0.224 e. The molecule has 0 radical (unpaired) electrons. The maximum Gasteiger partial charge on any atom is 0.184 e. The maximum absolute atomic E-state index is 6.15. The Balaban J connectivity index is 2.02. The Bertz CT molecular complexity index is 930. The first-order valence-corrected chi connectivity index (χ1v) is 8.21. The Labute approximate surface area is 137 Å². The third-order valence-electron chi connectivity index (χ3n) is 3.66. The predicted octanol–water partition coefficient (Wildman–Crippen LogP) is 6.28. The van der Waals surface area contributed by atoms with E-state index in [0.717, 1.165) is 21.3 Å². The van der Waals surface area contributed by atoms with Crippen LogP contribution in [0.25, 0.3) is 32.5 Å². The van der Waals surface area contributed by atoms with Gasteiger partial charge in [-0.2, -0.15) is 0 Å². The van der Waals surface area contributed by atoms with Gasteiger partial charge in [0.1, 0.15) is 0 Å². The number of thiazole rings is 1. The van der Waals surface area contributed by atoms with Gasteiger partial charge in [0.25, 0.3) is 0 Å². The third kappa shape index (κ3) is 2.41. The predicted molar refractivity (Wildman–Crippen MR) is 95.5 cm³/mol. The molecule has 0 aliphatic carbocycles. The van der Waals surface area contributed by atoms with Crippen LogP contribution in [-0.4, -0.2) is 4.98 Å². The lowest BCUT2D eigenvalue weighted by Gasteiger charge is -2.07. The first kappa shape index (κ1) is 13.5. The quantitative estimate of drug-likeness (QED) is 0.423. The summed E-state index contributed by atoms with van der Waals surface area (Å²) in [5.41, 5.74) is 5.65. The standard InChI is InChI=1S/C19H12ClNS/c20-19-21-18-16(14-9-5-2-6-10-14)11-15(12-17(18)22-19)13-7-3-1-4-8-13/h1-12H. The molecule has 1 heterocycles. The SMILES string of the molecule is Clc1nc2c(-c3ccccc3)cc(-c3ccccc3)cc2s1. The van der Waals surface area contributed by atoms with Gasteiger partial charge in [0.15, 0.2) is 4.47 Å². The largest absolute Gasteiger partial charge is 0.224 e. The molecular weight excluding hydrogens is 310 g/mol. The van der Waals surface area contributed by atoms with Gasteiger partial charge < -0.3 is 0 Å². The summed E-state index contributed by atoms with van der Waals surface area (Å²) in [5.74, 6) is 0. The molecule has 106 valence electrons. The summed E-state index contributed by atoms with van der Waals surface area (Å²) in [6, 6.07) is 25.1. The van der Waals surface area contributed by atoms with Crippen molar-refractivity contribution in [2.24, 2.45) is 0 Å². The molecule has 0 N–H and O–H groups in total. The number of hydrogen-bond donors (Lipinski definition) is 0. The molecule has 0 unspecified atom stereocenters. The van der Waals surface area contributed by atoms with Gasteiger partial charge in [0, 0.05) is 5.56 Å². The van der Waals surface area contributed by atoms with Gasteiger partial charge in [-0.3, -0.25) is 0 Å². The molecule has 0 saturated carbocycles. The first-order valence-electron chi connectivity index (χ1n) is 7.02. The topological polar surface area (TPSA) is 12.9 Å². The van der Waals surface area contributed by atoms with E-state index in [2.05, 4.69) is 53.5 Å². The number of nitrogens with zero attached hydrogens (tertiary/aromatic N) is 1. The van der Waals surface area contributed by atoms with E-state index < -0.39 is 0 Å². The Hall–Kier alpha value is -2.16. The molecule has 3 heteroatoms. The van der Waals surface area contributed by atoms with Gasteiger partial charge in [0.2, 0.25) is 0 Å². The molecule has 0 amide bonds. The van der Waals surface area contributed by atoms with Crippen molar-refractivity contribution in [2.45, 2.75) is 0 Å². The van der Waals surface area contributed by atoms with Gasteiger partial charge in [-0.1, -0.05) is 72.3 Å². The average molecular weight is 322 g/mol. The van der Waals surface area contributed by atoms with Crippen molar-refractivity contribution >= 4 is 33.2 Å². The highest BCUT2D eigenvalue weighted by Gasteiger charge is 2.12. The van der Waals surface area contributed by atoms with Gasteiger partial charge in [-0.05, 0) is 28.8 Å². The molecule has 4 aromatic rings. The van der Waals surface area contributed by atoms with Gasteiger partial charge in [0.05, 0.1) is 10.2 Å². The van der Waals surface area contributed by atoms with Crippen molar-refractivity contribution in [1.29, 1.82) is 0 Å². The number of benzene rings is 3. The van der Waals surface area contributed by atoms with Crippen molar-refractivity contribution in [1.82, 2.24) is 4.98 Å². The van der Waals surface area contributed by atoms with Crippen LogP contribution >= 0.6 is 22.9 Å². The third-order valence-corrected chi connectivity index (χ3v) is 4.77. The Morgan fingerprint density at radius 3 is 2.05 bits per heavy atom. The summed E-state index contributed by atoms with van der Waals surface area (Å²) in [6.45, 7) is 0. The second-order valence-corrected chi connectivity index (χ2v) is 6.68. The van der Waals surface area contributed by atoms with Crippen LogP contribution < -0.4 is 0 Å². The molecule has 3 aromatic carbocycles. The highest BCUT2D eigenvalue weighted by molar-refractivity contribution is 7.22. The van der Waals surface area contributed by atoms with Crippen molar-refractivity contribution in [3.63, 3.8) is 0 Å². The fourth-order valence-electron chi connectivity index (χ4n) is 2.64. The summed E-state index contributed by atoms with van der Waals surface area (Å²) in [4.78, 5) is 4.51. The molecule has 0 fully saturated rings. The number of rotatable bonds is 2. The minimum absolute atomic E-state index is 0.581. The average Bonchev–Trinajstić information content (AvgIpc) is 2.95. The smallest absolute Gasteiger partial charge is 0.184 e. The second kappa shape index (κ2) is 5.56. The zero-order chi connectivity index (χ0) is 14.9. The van der Waals surface area contributed by atoms with E-state index in [1.165, 1.54) is 22.5 Å². The van der Waals surface area contributed by atoms with Crippen molar-refractivity contribution in [2.75, 3.05) is 0 Å². The lowest BCUT2D eigenvalue weighted by Crippen LogP contribution is -1.84. The van der Waals surface area contributed by atoms with Crippen LogP contribution in [0.2, 0.25) is 4.47 Å². The number of hydrogen-bond acceptors (Lipinski definition) is 2. The van der Waals surface area contributed by atoms with Gasteiger partial charge in [-0.25, -0.2) is 4.98 Å². The van der Waals surface area contributed by atoms with Gasteiger partial charge in [-0.15, -0.1) is 11.3 Å². The molecule has 0 bridgehead atoms. The Morgan fingerprint density at radius 2 is 1.36 bits per heavy atom. The minimum atomic E-state index is 0.581. The van der Waals surface area contributed by atoms with Crippen molar-refractivity contribution in [3.8, 4) is 22.3 Å².